The lowest BCUT2D eigenvalue weighted by Crippen LogP contribution is -2.39. The molecule has 2 aromatic carbocycles. The van der Waals surface area contributed by atoms with Crippen LogP contribution in [0.3, 0.4) is 0 Å². The number of sulfone groups is 1. The zero-order valence-corrected chi connectivity index (χ0v) is 18.0. The van der Waals surface area contributed by atoms with Crippen molar-refractivity contribution in [1.29, 1.82) is 0 Å². The summed E-state index contributed by atoms with van der Waals surface area (Å²) in [6.45, 7) is 1.22. The number of nitrogens with zero attached hydrogens (tertiary/aromatic N) is 2. The van der Waals surface area contributed by atoms with E-state index in [0.29, 0.717) is 25.9 Å². The van der Waals surface area contributed by atoms with Crippen molar-refractivity contribution in [2.45, 2.75) is 29.4 Å². The summed E-state index contributed by atoms with van der Waals surface area (Å²) >= 11 is 7.58. The summed E-state index contributed by atoms with van der Waals surface area (Å²) in [4.78, 5) is 6.88. The minimum atomic E-state index is -3.59. The quantitative estimate of drug-likeness (QED) is 0.515. The van der Waals surface area contributed by atoms with Crippen LogP contribution in [0.25, 0.3) is 0 Å². The van der Waals surface area contributed by atoms with E-state index in [-0.39, 0.29) is 9.92 Å². The number of halogens is 2. The summed E-state index contributed by atoms with van der Waals surface area (Å²) in [5.74, 6) is -0.543. The molecule has 152 valence electrons. The van der Waals surface area contributed by atoms with Gasteiger partial charge in [0.15, 0.2) is 15.0 Å². The van der Waals surface area contributed by atoms with Crippen molar-refractivity contribution in [1.82, 2.24) is 4.98 Å². The van der Waals surface area contributed by atoms with Crippen LogP contribution in [-0.4, -0.2) is 31.7 Å². The maximum Gasteiger partial charge on any atom is 0.185 e. The number of anilines is 1. The highest BCUT2D eigenvalue weighted by Gasteiger charge is 2.33. The number of piperidine rings is 1. The average Bonchev–Trinajstić information content (AvgIpc) is 3.17. The van der Waals surface area contributed by atoms with Gasteiger partial charge in [-0.2, -0.15) is 0 Å². The van der Waals surface area contributed by atoms with Gasteiger partial charge in [-0.15, -0.1) is 11.3 Å². The molecule has 1 aliphatic heterocycles. The zero-order chi connectivity index (χ0) is 20.4. The third-order valence-corrected chi connectivity index (χ3v) is 8.81. The lowest BCUT2D eigenvalue weighted by atomic mass is 10.1. The molecule has 0 bridgehead atoms. The largest absolute Gasteiger partial charge is 0.348 e. The Morgan fingerprint density at radius 3 is 2.55 bits per heavy atom. The Morgan fingerprint density at radius 1 is 1.14 bits per heavy atom. The number of benzene rings is 2. The smallest absolute Gasteiger partial charge is 0.185 e. The van der Waals surface area contributed by atoms with Crippen LogP contribution in [0.5, 0.6) is 0 Å². The lowest BCUT2D eigenvalue weighted by molar-refractivity contribution is 0.529. The van der Waals surface area contributed by atoms with Crippen molar-refractivity contribution >= 4 is 37.9 Å². The normalized spacial score (nSPS) is 15.6. The van der Waals surface area contributed by atoms with Crippen molar-refractivity contribution in [2.24, 2.45) is 0 Å². The van der Waals surface area contributed by atoms with Gasteiger partial charge in [-0.25, -0.2) is 17.8 Å². The number of hydrogen-bond donors (Lipinski definition) is 0. The second kappa shape index (κ2) is 8.42. The van der Waals surface area contributed by atoms with E-state index in [2.05, 4.69) is 22.4 Å². The molecule has 0 spiro atoms. The molecule has 0 N–H and O–H groups in total. The Labute approximate surface area is 178 Å². The standard InChI is InChI=1S/C21H20ClFN2O2S2/c22-19-13-16(23)6-7-20(19)29(26,27)18-8-10-25(11-9-18)21-24-17(14-28-21)12-15-4-2-1-3-5-15/h1-7,13-14,18H,8-12H2. The molecule has 0 atom stereocenters. The summed E-state index contributed by atoms with van der Waals surface area (Å²) in [5, 5.41) is 2.40. The molecular formula is C21H20ClFN2O2S2. The molecule has 4 nitrogen and oxygen atoms in total. The van der Waals surface area contributed by atoms with E-state index in [1.807, 2.05) is 18.2 Å². The van der Waals surface area contributed by atoms with E-state index < -0.39 is 20.9 Å². The molecule has 1 aliphatic rings. The van der Waals surface area contributed by atoms with Gasteiger partial charge in [0.25, 0.3) is 0 Å². The van der Waals surface area contributed by atoms with Crippen molar-refractivity contribution < 1.29 is 12.8 Å². The van der Waals surface area contributed by atoms with E-state index in [1.54, 1.807) is 11.3 Å². The molecule has 8 heteroatoms. The minimum Gasteiger partial charge on any atom is -0.348 e. The molecule has 2 heterocycles. The maximum atomic E-state index is 13.3. The molecule has 0 radical (unpaired) electrons. The van der Waals surface area contributed by atoms with Crippen LogP contribution in [0.1, 0.15) is 24.1 Å². The highest BCUT2D eigenvalue weighted by Crippen LogP contribution is 2.32. The molecule has 0 saturated carbocycles. The molecule has 4 rings (SSSR count). The fourth-order valence-electron chi connectivity index (χ4n) is 3.57. The summed E-state index contributed by atoms with van der Waals surface area (Å²) in [6.07, 6.45) is 1.76. The first-order chi connectivity index (χ1) is 13.9. The number of rotatable bonds is 5. The Hall–Kier alpha value is -1.96. The predicted molar refractivity (Wildman–Crippen MR) is 115 cm³/mol. The van der Waals surface area contributed by atoms with Gasteiger partial charge < -0.3 is 4.90 Å². The van der Waals surface area contributed by atoms with E-state index in [9.17, 15) is 12.8 Å². The molecule has 0 unspecified atom stereocenters. The maximum absolute atomic E-state index is 13.3. The second-order valence-electron chi connectivity index (χ2n) is 7.09. The van der Waals surface area contributed by atoms with Gasteiger partial charge in [0.1, 0.15) is 5.82 Å². The van der Waals surface area contributed by atoms with Crippen LogP contribution in [0.2, 0.25) is 5.02 Å². The van der Waals surface area contributed by atoms with E-state index in [0.717, 1.165) is 29.4 Å². The van der Waals surface area contributed by atoms with Crippen LogP contribution in [-0.2, 0) is 16.3 Å². The first-order valence-corrected chi connectivity index (χ1v) is 12.2. The van der Waals surface area contributed by atoms with Gasteiger partial charge >= 0.3 is 0 Å². The molecular weight excluding hydrogens is 431 g/mol. The van der Waals surface area contributed by atoms with Gasteiger partial charge in [-0.05, 0) is 36.6 Å². The van der Waals surface area contributed by atoms with E-state index in [4.69, 9.17) is 16.6 Å². The topological polar surface area (TPSA) is 50.3 Å². The summed E-state index contributed by atoms with van der Waals surface area (Å²) in [7, 11) is -3.59. The fourth-order valence-corrected chi connectivity index (χ4v) is 6.72. The molecule has 1 aromatic heterocycles. The molecule has 1 fully saturated rings. The number of aromatic nitrogens is 1. The van der Waals surface area contributed by atoms with Gasteiger partial charge in [0.05, 0.1) is 20.9 Å². The SMILES string of the molecule is O=S(=O)(c1ccc(F)cc1Cl)C1CCN(c2nc(Cc3ccccc3)cs2)CC1. The third-order valence-electron chi connectivity index (χ3n) is 5.12. The Bertz CT molecular complexity index is 1090. The fraction of sp³-hybridized carbons (Fsp3) is 0.286. The monoisotopic (exact) mass is 450 g/mol. The molecule has 1 saturated heterocycles. The van der Waals surface area contributed by atoms with Crippen LogP contribution in [0, 0.1) is 5.82 Å². The van der Waals surface area contributed by atoms with E-state index in [1.165, 1.54) is 11.6 Å². The molecule has 0 aliphatic carbocycles. The zero-order valence-electron chi connectivity index (χ0n) is 15.6. The van der Waals surface area contributed by atoms with E-state index >= 15 is 0 Å². The lowest BCUT2D eigenvalue weighted by Gasteiger charge is -2.31. The third kappa shape index (κ3) is 4.47. The molecule has 0 amide bonds. The van der Waals surface area contributed by atoms with Crippen LogP contribution in [0.4, 0.5) is 9.52 Å². The van der Waals surface area contributed by atoms with Gasteiger partial charge in [-0.3, -0.25) is 0 Å². The Kier molecular flexibility index (Phi) is 5.90. The van der Waals surface area contributed by atoms with Crippen molar-refractivity contribution in [2.75, 3.05) is 18.0 Å². The van der Waals surface area contributed by atoms with Gasteiger partial charge in [-0.1, -0.05) is 41.9 Å². The summed E-state index contributed by atoms with van der Waals surface area (Å²) in [6, 6.07) is 13.6. The van der Waals surface area contributed by atoms with Crippen molar-refractivity contribution in [3.8, 4) is 0 Å². The summed E-state index contributed by atoms with van der Waals surface area (Å²) in [5.41, 5.74) is 2.23. The average molecular weight is 451 g/mol. The first kappa shape index (κ1) is 20.3. The van der Waals surface area contributed by atoms with Crippen molar-refractivity contribution in [3.05, 3.63) is 76.0 Å². The highest BCUT2D eigenvalue weighted by atomic mass is 35.5. The number of thiazole rings is 1. The van der Waals surface area contributed by atoms with Crippen LogP contribution < -0.4 is 4.90 Å². The Balaban J connectivity index is 1.42. The summed E-state index contributed by atoms with van der Waals surface area (Å²) < 4.78 is 39.1. The first-order valence-electron chi connectivity index (χ1n) is 9.36. The Morgan fingerprint density at radius 2 is 1.86 bits per heavy atom. The van der Waals surface area contributed by atoms with Crippen molar-refractivity contribution in [3.63, 3.8) is 0 Å². The predicted octanol–water partition coefficient (Wildman–Crippen LogP) is 4.97. The number of hydrogen-bond acceptors (Lipinski definition) is 5. The second-order valence-corrected chi connectivity index (χ2v) is 10.5. The van der Waals surface area contributed by atoms with Crippen LogP contribution >= 0.6 is 22.9 Å². The van der Waals surface area contributed by atoms with Gasteiger partial charge in [0.2, 0.25) is 0 Å². The molecule has 29 heavy (non-hydrogen) atoms. The minimum absolute atomic E-state index is 0.0124. The van der Waals surface area contributed by atoms with Gasteiger partial charge in [0, 0.05) is 24.9 Å². The highest BCUT2D eigenvalue weighted by molar-refractivity contribution is 7.92. The van der Waals surface area contributed by atoms with Crippen LogP contribution in [0.15, 0.2) is 58.8 Å². The molecule has 3 aromatic rings.